The molecule has 0 bridgehead atoms. The normalized spacial score (nSPS) is 14.3. The zero-order valence-corrected chi connectivity index (χ0v) is 9.54. The number of rotatable bonds is 4. The van der Waals surface area contributed by atoms with Crippen molar-refractivity contribution in [1.29, 1.82) is 0 Å². The Morgan fingerprint density at radius 1 is 0.850 bits per heavy atom. The molecule has 0 radical (unpaired) electrons. The fourth-order valence-electron chi connectivity index (χ4n) is 1.10. The largest absolute Gasteiger partial charge is 0.464 e. The summed E-state index contributed by atoms with van der Waals surface area (Å²) in [5.41, 5.74) is -6.46. The standard InChI is InChI=1S/C8H7F9O3/c1-2-19-4(18)3-20-5(6(9,10)11,7(12,13)14)8(15,16)17/h2-3H2,1H3. The van der Waals surface area contributed by atoms with Crippen LogP contribution in [-0.2, 0) is 14.3 Å². The number of hydrogen-bond acceptors (Lipinski definition) is 3. The van der Waals surface area contributed by atoms with Crippen LogP contribution < -0.4 is 0 Å². The average molecular weight is 322 g/mol. The lowest BCUT2D eigenvalue weighted by atomic mass is 10.0. The highest BCUT2D eigenvalue weighted by Gasteiger charge is 2.85. The van der Waals surface area contributed by atoms with E-state index in [4.69, 9.17) is 0 Å². The summed E-state index contributed by atoms with van der Waals surface area (Å²) in [5.74, 6) is -1.80. The van der Waals surface area contributed by atoms with E-state index in [0.29, 0.717) is 0 Å². The maximum atomic E-state index is 12.3. The van der Waals surface area contributed by atoms with Gasteiger partial charge in [-0.1, -0.05) is 0 Å². The number of halogens is 9. The Morgan fingerprint density at radius 2 is 1.20 bits per heavy atom. The topological polar surface area (TPSA) is 35.5 Å². The van der Waals surface area contributed by atoms with Gasteiger partial charge in [0.2, 0.25) is 0 Å². The summed E-state index contributed by atoms with van der Waals surface area (Å²) in [6, 6.07) is 0. The molecule has 0 unspecified atom stereocenters. The fraction of sp³-hybridized carbons (Fsp3) is 0.875. The highest BCUT2D eigenvalue weighted by molar-refractivity contribution is 5.70. The van der Waals surface area contributed by atoms with Crippen LogP contribution in [0.1, 0.15) is 6.92 Å². The van der Waals surface area contributed by atoms with Crippen LogP contribution >= 0.6 is 0 Å². The minimum Gasteiger partial charge on any atom is -0.464 e. The highest BCUT2D eigenvalue weighted by atomic mass is 19.4. The Kier molecular flexibility index (Phi) is 5.32. The quantitative estimate of drug-likeness (QED) is 0.590. The summed E-state index contributed by atoms with van der Waals surface area (Å²) < 4.78 is 117. The Hall–Kier alpha value is -1.20. The Morgan fingerprint density at radius 3 is 1.45 bits per heavy atom. The summed E-state index contributed by atoms with van der Waals surface area (Å²) in [7, 11) is 0. The summed E-state index contributed by atoms with van der Waals surface area (Å²) in [6.07, 6.45) is -20.6. The van der Waals surface area contributed by atoms with Gasteiger partial charge in [0, 0.05) is 0 Å². The zero-order chi connectivity index (χ0) is 16.4. The second-order valence-electron chi connectivity index (χ2n) is 3.27. The third kappa shape index (κ3) is 3.46. The number of ether oxygens (including phenoxy) is 2. The molecule has 12 heteroatoms. The molecule has 0 saturated carbocycles. The molecule has 0 aliphatic heterocycles. The molecule has 0 N–H and O–H groups in total. The van der Waals surface area contributed by atoms with Crippen molar-refractivity contribution in [1.82, 2.24) is 0 Å². The van der Waals surface area contributed by atoms with E-state index < -0.39 is 43.3 Å². The van der Waals surface area contributed by atoms with Gasteiger partial charge in [0.25, 0.3) is 0 Å². The first-order valence-corrected chi connectivity index (χ1v) is 4.70. The lowest BCUT2D eigenvalue weighted by molar-refractivity contribution is -0.455. The highest BCUT2D eigenvalue weighted by Crippen LogP contribution is 2.54. The number of carbonyl (C=O) groups is 1. The van der Waals surface area contributed by atoms with Crippen LogP contribution in [0.25, 0.3) is 0 Å². The molecule has 120 valence electrons. The van der Waals surface area contributed by atoms with Crippen molar-refractivity contribution in [2.75, 3.05) is 13.2 Å². The third-order valence-electron chi connectivity index (χ3n) is 1.91. The van der Waals surface area contributed by atoms with E-state index in [0.717, 1.165) is 6.92 Å². The molecule has 0 spiro atoms. The monoisotopic (exact) mass is 322 g/mol. The lowest BCUT2D eigenvalue weighted by Gasteiger charge is -2.37. The van der Waals surface area contributed by atoms with Gasteiger partial charge in [-0.2, -0.15) is 39.5 Å². The Balaban J connectivity index is 5.63. The van der Waals surface area contributed by atoms with E-state index in [1.165, 1.54) is 0 Å². The molecular weight excluding hydrogens is 315 g/mol. The van der Waals surface area contributed by atoms with Crippen LogP contribution in [0.5, 0.6) is 0 Å². The van der Waals surface area contributed by atoms with Crippen LogP contribution in [0.3, 0.4) is 0 Å². The van der Waals surface area contributed by atoms with Gasteiger partial charge in [-0.05, 0) is 6.92 Å². The maximum absolute atomic E-state index is 12.3. The molecule has 0 amide bonds. The fourth-order valence-corrected chi connectivity index (χ4v) is 1.10. The molecule has 0 rings (SSSR count). The average Bonchev–Trinajstić information content (AvgIpc) is 2.11. The maximum Gasteiger partial charge on any atom is 0.435 e. The first-order valence-electron chi connectivity index (χ1n) is 4.70. The Labute approximate surface area is 105 Å². The number of hydrogen-bond donors (Lipinski definition) is 0. The lowest BCUT2D eigenvalue weighted by Crippen LogP contribution is -2.68. The first-order chi connectivity index (χ1) is 8.70. The van der Waals surface area contributed by atoms with E-state index in [2.05, 4.69) is 9.47 Å². The predicted octanol–water partition coefficient (Wildman–Crippen LogP) is 2.99. The SMILES string of the molecule is CCOC(=O)COC(C(F)(F)F)(C(F)(F)F)C(F)(F)F. The van der Waals surface area contributed by atoms with Gasteiger partial charge in [-0.25, -0.2) is 4.79 Å². The van der Waals surface area contributed by atoms with E-state index in [1.807, 2.05) is 0 Å². The van der Waals surface area contributed by atoms with Crippen molar-refractivity contribution in [2.45, 2.75) is 31.1 Å². The van der Waals surface area contributed by atoms with E-state index in [9.17, 15) is 44.3 Å². The molecular formula is C8H7F9O3. The van der Waals surface area contributed by atoms with Crippen LogP contribution in [0.2, 0.25) is 0 Å². The molecule has 20 heavy (non-hydrogen) atoms. The molecule has 0 atom stereocenters. The number of esters is 1. The van der Waals surface area contributed by atoms with Crippen molar-refractivity contribution in [3.05, 3.63) is 0 Å². The van der Waals surface area contributed by atoms with E-state index >= 15 is 0 Å². The predicted molar refractivity (Wildman–Crippen MR) is 43.5 cm³/mol. The van der Waals surface area contributed by atoms with Gasteiger partial charge in [-0.3, -0.25) is 0 Å². The van der Waals surface area contributed by atoms with E-state index in [1.54, 1.807) is 0 Å². The number of alkyl halides is 9. The van der Waals surface area contributed by atoms with Crippen LogP contribution in [-0.4, -0.2) is 43.3 Å². The van der Waals surface area contributed by atoms with Gasteiger partial charge >= 0.3 is 30.1 Å². The number of carbonyl (C=O) groups excluding carboxylic acids is 1. The molecule has 0 aromatic rings. The van der Waals surface area contributed by atoms with Gasteiger partial charge in [0.05, 0.1) is 6.61 Å². The first kappa shape index (κ1) is 18.8. The Bertz CT molecular complexity index is 305. The molecule has 0 aliphatic carbocycles. The smallest absolute Gasteiger partial charge is 0.435 e. The second kappa shape index (κ2) is 5.66. The molecule has 3 nitrogen and oxygen atoms in total. The second-order valence-corrected chi connectivity index (χ2v) is 3.27. The van der Waals surface area contributed by atoms with Crippen LogP contribution in [0.15, 0.2) is 0 Å². The molecule has 0 aromatic carbocycles. The van der Waals surface area contributed by atoms with Crippen molar-refractivity contribution in [3.63, 3.8) is 0 Å². The summed E-state index contributed by atoms with van der Waals surface area (Å²) in [4.78, 5) is 10.6. The van der Waals surface area contributed by atoms with Crippen molar-refractivity contribution in [2.24, 2.45) is 0 Å². The summed E-state index contributed by atoms with van der Waals surface area (Å²) >= 11 is 0. The minimum atomic E-state index is -6.87. The van der Waals surface area contributed by atoms with Crippen molar-refractivity contribution < 1.29 is 53.8 Å². The van der Waals surface area contributed by atoms with Crippen LogP contribution in [0, 0.1) is 0 Å². The zero-order valence-electron chi connectivity index (χ0n) is 9.54. The van der Waals surface area contributed by atoms with Crippen LogP contribution in [0.4, 0.5) is 39.5 Å². The van der Waals surface area contributed by atoms with Gasteiger partial charge in [0.15, 0.2) is 0 Å². The molecule has 0 saturated heterocycles. The van der Waals surface area contributed by atoms with Gasteiger partial charge in [0.1, 0.15) is 6.61 Å². The van der Waals surface area contributed by atoms with Crippen molar-refractivity contribution in [3.8, 4) is 0 Å². The third-order valence-corrected chi connectivity index (χ3v) is 1.91. The molecule has 0 heterocycles. The van der Waals surface area contributed by atoms with Crippen molar-refractivity contribution >= 4 is 5.97 Å². The summed E-state index contributed by atoms with van der Waals surface area (Å²) in [6.45, 7) is -1.48. The molecule has 0 fully saturated rings. The van der Waals surface area contributed by atoms with Gasteiger partial charge in [-0.15, -0.1) is 0 Å². The molecule has 0 aliphatic rings. The summed E-state index contributed by atoms with van der Waals surface area (Å²) in [5, 5.41) is 0. The van der Waals surface area contributed by atoms with E-state index in [-0.39, 0.29) is 0 Å². The van der Waals surface area contributed by atoms with Gasteiger partial charge < -0.3 is 9.47 Å². The minimum absolute atomic E-state index is 0.459. The molecule has 0 aromatic heterocycles.